The van der Waals surface area contributed by atoms with E-state index in [0.717, 1.165) is 17.3 Å². The molecule has 5 nitrogen and oxygen atoms in total. The second-order valence-corrected chi connectivity index (χ2v) is 5.27. The number of carboxylic acid groups (broad SMARTS) is 1. The summed E-state index contributed by atoms with van der Waals surface area (Å²) in [4.78, 5) is 11.5. The van der Waals surface area contributed by atoms with Crippen LogP contribution in [0, 0.1) is 12.8 Å². The maximum atomic E-state index is 11.5. The predicted octanol–water partition coefficient (Wildman–Crippen LogP) is 2.71. The Bertz CT molecular complexity index is 676. The molecule has 0 bridgehead atoms. The van der Waals surface area contributed by atoms with Crippen LogP contribution in [0.3, 0.4) is 0 Å². The van der Waals surface area contributed by atoms with Crippen molar-refractivity contribution in [2.45, 2.75) is 25.7 Å². The largest absolute Gasteiger partial charge is 0.481 e. The summed E-state index contributed by atoms with van der Waals surface area (Å²) in [5.41, 5.74) is 0.966. The van der Waals surface area contributed by atoms with Gasteiger partial charge < -0.3 is 5.11 Å². The van der Waals surface area contributed by atoms with E-state index in [2.05, 4.69) is 10.2 Å². The van der Waals surface area contributed by atoms with E-state index >= 15 is 0 Å². The Morgan fingerprint density at radius 3 is 2.62 bits per heavy atom. The number of allylic oxidation sites excluding steroid dienone is 2. The van der Waals surface area contributed by atoms with Gasteiger partial charge in [-0.1, -0.05) is 30.4 Å². The summed E-state index contributed by atoms with van der Waals surface area (Å²) in [5, 5.41) is 17.9. The average Bonchev–Trinajstić information content (AvgIpc) is 2.89. The van der Waals surface area contributed by atoms with Crippen LogP contribution in [0.2, 0.25) is 0 Å². The Labute approximate surface area is 122 Å². The standard InChI is InChI=1S/C16H17N3O2/c1-11-17-18-15(19(11)12-7-3-2-4-8-12)13-9-5-6-10-14(13)16(20)21/h2-8,13-14H,9-10H2,1H3,(H,20,21). The lowest BCUT2D eigenvalue weighted by Gasteiger charge is -2.25. The molecule has 0 spiro atoms. The van der Waals surface area contributed by atoms with Crippen molar-refractivity contribution in [2.75, 3.05) is 0 Å². The molecule has 2 aromatic rings. The monoisotopic (exact) mass is 283 g/mol. The quantitative estimate of drug-likeness (QED) is 0.879. The van der Waals surface area contributed by atoms with Crippen LogP contribution < -0.4 is 0 Å². The van der Waals surface area contributed by atoms with Crippen LogP contribution in [0.25, 0.3) is 5.69 Å². The zero-order valence-electron chi connectivity index (χ0n) is 11.8. The second kappa shape index (κ2) is 5.52. The molecule has 108 valence electrons. The first-order valence-corrected chi connectivity index (χ1v) is 7.03. The molecular weight excluding hydrogens is 266 g/mol. The summed E-state index contributed by atoms with van der Waals surface area (Å²) in [6.45, 7) is 1.89. The number of aliphatic carboxylic acids is 1. The van der Waals surface area contributed by atoms with Crippen LogP contribution >= 0.6 is 0 Å². The van der Waals surface area contributed by atoms with Gasteiger partial charge in [-0.15, -0.1) is 10.2 Å². The molecule has 0 radical (unpaired) electrons. The van der Waals surface area contributed by atoms with Crippen molar-refractivity contribution in [3.05, 3.63) is 54.1 Å². The van der Waals surface area contributed by atoms with Gasteiger partial charge in [0, 0.05) is 11.6 Å². The van der Waals surface area contributed by atoms with E-state index in [1.807, 2.05) is 54.0 Å². The van der Waals surface area contributed by atoms with Crippen molar-refractivity contribution < 1.29 is 9.90 Å². The van der Waals surface area contributed by atoms with Gasteiger partial charge in [0.1, 0.15) is 11.6 Å². The van der Waals surface area contributed by atoms with Gasteiger partial charge in [-0.25, -0.2) is 0 Å². The number of aromatic nitrogens is 3. The summed E-state index contributed by atoms with van der Waals surface area (Å²) in [5.74, 6) is 0.143. The van der Waals surface area contributed by atoms with Gasteiger partial charge in [0.2, 0.25) is 0 Å². The summed E-state index contributed by atoms with van der Waals surface area (Å²) in [7, 11) is 0. The van der Waals surface area contributed by atoms with Crippen molar-refractivity contribution >= 4 is 5.97 Å². The number of aryl methyl sites for hydroxylation is 1. The van der Waals surface area contributed by atoms with E-state index in [1.54, 1.807) is 0 Å². The average molecular weight is 283 g/mol. The van der Waals surface area contributed by atoms with E-state index in [1.165, 1.54) is 0 Å². The molecule has 2 atom stereocenters. The molecule has 1 aromatic heterocycles. The van der Waals surface area contributed by atoms with Gasteiger partial charge in [-0.05, 0) is 31.9 Å². The molecule has 1 aliphatic rings. The third-order valence-corrected chi connectivity index (χ3v) is 3.95. The van der Waals surface area contributed by atoms with E-state index < -0.39 is 11.9 Å². The van der Waals surface area contributed by atoms with Crippen molar-refractivity contribution in [1.82, 2.24) is 14.8 Å². The third-order valence-electron chi connectivity index (χ3n) is 3.95. The molecule has 0 saturated heterocycles. The normalized spacial score (nSPS) is 21.4. The lowest BCUT2D eigenvalue weighted by Crippen LogP contribution is -2.26. The van der Waals surface area contributed by atoms with Crippen LogP contribution in [0.15, 0.2) is 42.5 Å². The molecule has 1 N–H and O–H groups in total. The first-order valence-electron chi connectivity index (χ1n) is 7.03. The van der Waals surface area contributed by atoms with E-state index in [4.69, 9.17) is 0 Å². The highest BCUT2D eigenvalue weighted by molar-refractivity contribution is 5.71. The van der Waals surface area contributed by atoms with Crippen LogP contribution in [0.5, 0.6) is 0 Å². The molecular formula is C16H17N3O2. The van der Waals surface area contributed by atoms with E-state index in [9.17, 15) is 9.90 Å². The van der Waals surface area contributed by atoms with Gasteiger partial charge >= 0.3 is 5.97 Å². The molecule has 0 saturated carbocycles. The highest BCUT2D eigenvalue weighted by Crippen LogP contribution is 2.35. The van der Waals surface area contributed by atoms with Crippen molar-refractivity contribution in [2.24, 2.45) is 5.92 Å². The van der Waals surface area contributed by atoms with Crippen molar-refractivity contribution in [1.29, 1.82) is 0 Å². The van der Waals surface area contributed by atoms with Gasteiger partial charge in [0.25, 0.3) is 0 Å². The third kappa shape index (κ3) is 2.46. The summed E-state index contributed by atoms with van der Waals surface area (Å²) < 4.78 is 1.96. The Morgan fingerprint density at radius 2 is 1.90 bits per heavy atom. The van der Waals surface area contributed by atoms with Crippen LogP contribution in [-0.4, -0.2) is 25.8 Å². The van der Waals surface area contributed by atoms with E-state index in [-0.39, 0.29) is 5.92 Å². The minimum Gasteiger partial charge on any atom is -0.481 e. The van der Waals surface area contributed by atoms with Crippen molar-refractivity contribution in [3.63, 3.8) is 0 Å². The topological polar surface area (TPSA) is 68.0 Å². The van der Waals surface area contributed by atoms with Gasteiger partial charge in [0.05, 0.1) is 5.92 Å². The number of para-hydroxylation sites is 1. The van der Waals surface area contributed by atoms with Crippen LogP contribution in [0.4, 0.5) is 0 Å². The highest BCUT2D eigenvalue weighted by Gasteiger charge is 2.34. The van der Waals surface area contributed by atoms with Gasteiger partial charge in [0.15, 0.2) is 0 Å². The number of rotatable bonds is 3. The zero-order valence-corrected chi connectivity index (χ0v) is 11.8. The molecule has 1 aliphatic carbocycles. The van der Waals surface area contributed by atoms with E-state index in [0.29, 0.717) is 12.8 Å². The number of carbonyl (C=O) groups is 1. The summed E-state index contributed by atoms with van der Waals surface area (Å²) >= 11 is 0. The molecule has 0 aliphatic heterocycles. The van der Waals surface area contributed by atoms with Gasteiger partial charge in [-0.3, -0.25) is 9.36 Å². The van der Waals surface area contributed by atoms with Crippen molar-refractivity contribution in [3.8, 4) is 5.69 Å². The first-order chi connectivity index (χ1) is 10.2. The molecule has 3 rings (SSSR count). The van der Waals surface area contributed by atoms with Gasteiger partial charge in [-0.2, -0.15) is 0 Å². The Kier molecular flexibility index (Phi) is 3.56. The van der Waals surface area contributed by atoms with Crippen LogP contribution in [0.1, 0.15) is 30.4 Å². The smallest absolute Gasteiger partial charge is 0.307 e. The maximum Gasteiger partial charge on any atom is 0.307 e. The fraction of sp³-hybridized carbons (Fsp3) is 0.312. The number of carboxylic acids is 1. The number of hydrogen-bond acceptors (Lipinski definition) is 3. The maximum absolute atomic E-state index is 11.5. The Hall–Kier alpha value is -2.43. The van der Waals surface area contributed by atoms with Crippen LogP contribution in [-0.2, 0) is 4.79 Å². The SMILES string of the molecule is Cc1nnc(C2CC=CCC2C(=O)O)n1-c1ccccc1. The molecule has 2 unspecified atom stereocenters. The zero-order chi connectivity index (χ0) is 14.8. The fourth-order valence-electron chi connectivity index (χ4n) is 2.89. The fourth-order valence-corrected chi connectivity index (χ4v) is 2.89. The Morgan fingerprint density at radius 1 is 1.19 bits per heavy atom. The number of nitrogens with zero attached hydrogens (tertiary/aromatic N) is 3. The molecule has 21 heavy (non-hydrogen) atoms. The molecule has 5 heteroatoms. The second-order valence-electron chi connectivity index (χ2n) is 5.27. The molecule has 1 aromatic carbocycles. The minimum absolute atomic E-state index is 0.145. The lowest BCUT2D eigenvalue weighted by molar-refractivity contribution is -0.142. The first kappa shape index (κ1) is 13.5. The highest BCUT2D eigenvalue weighted by atomic mass is 16.4. The summed E-state index contributed by atoms with van der Waals surface area (Å²) in [6.07, 6.45) is 5.19. The molecule has 1 heterocycles. The predicted molar refractivity (Wildman–Crippen MR) is 78.3 cm³/mol. The molecule has 0 fully saturated rings. The molecule has 0 amide bonds. The number of hydrogen-bond donors (Lipinski definition) is 1. The minimum atomic E-state index is -0.774. The lowest BCUT2D eigenvalue weighted by atomic mass is 9.82. The Balaban J connectivity index is 2.07. The number of benzene rings is 1. The summed E-state index contributed by atoms with van der Waals surface area (Å²) in [6, 6.07) is 9.82.